The number of nitrogens with zero attached hydrogens (tertiary/aromatic N) is 3. The molecule has 1 unspecified atom stereocenters. The molecule has 140 valence electrons. The van der Waals surface area contributed by atoms with Gasteiger partial charge in [-0.2, -0.15) is 0 Å². The van der Waals surface area contributed by atoms with Gasteiger partial charge in [0.1, 0.15) is 10.7 Å². The van der Waals surface area contributed by atoms with Crippen LogP contribution in [0.4, 0.5) is 5.13 Å². The zero-order chi connectivity index (χ0) is 19.0. The van der Waals surface area contributed by atoms with Crippen LogP contribution in [-0.4, -0.2) is 26.2 Å². The lowest BCUT2D eigenvalue weighted by molar-refractivity contribution is 0.882. The van der Waals surface area contributed by atoms with Crippen molar-refractivity contribution in [2.75, 3.05) is 5.32 Å². The third kappa shape index (κ3) is 3.93. The molecule has 0 amide bonds. The van der Waals surface area contributed by atoms with Gasteiger partial charge in [-0.3, -0.25) is 4.79 Å². The first-order chi connectivity index (χ1) is 13.0. The molecule has 0 radical (unpaired) electrons. The molecule has 0 aliphatic rings. The summed E-state index contributed by atoms with van der Waals surface area (Å²) in [6.07, 6.45) is 0. The fraction of sp³-hybridized carbons (Fsp3) is 0.294. The molecule has 2 N–H and O–H groups in total. The topological polar surface area (TPSA) is 83.6 Å². The lowest BCUT2D eigenvalue weighted by Crippen LogP contribution is -2.12. The number of thioether (sulfide) groups is 1. The van der Waals surface area contributed by atoms with Crippen LogP contribution < -0.4 is 10.9 Å². The average molecular weight is 436 g/mol. The van der Waals surface area contributed by atoms with Crippen molar-refractivity contribution in [1.82, 2.24) is 20.2 Å². The molecule has 4 rings (SSSR count). The number of hydrogen-bond donors (Lipinski definition) is 2. The maximum atomic E-state index is 12.7. The highest BCUT2D eigenvalue weighted by Crippen LogP contribution is 2.38. The Bertz CT molecular complexity index is 1110. The predicted molar refractivity (Wildman–Crippen MR) is 116 cm³/mol. The Morgan fingerprint density at radius 3 is 2.81 bits per heavy atom. The van der Waals surface area contributed by atoms with E-state index >= 15 is 0 Å². The Kier molecular flexibility index (Phi) is 5.31. The van der Waals surface area contributed by atoms with Crippen LogP contribution in [0.15, 0.2) is 32.0 Å². The molecule has 0 bridgehead atoms. The van der Waals surface area contributed by atoms with E-state index in [0.29, 0.717) is 17.3 Å². The van der Waals surface area contributed by atoms with Gasteiger partial charge in [-0.15, -0.1) is 32.9 Å². The monoisotopic (exact) mass is 435 g/mol. The smallest absolute Gasteiger partial charge is 0.260 e. The number of aromatic amines is 1. The zero-order valence-electron chi connectivity index (χ0n) is 14.8. The third-order valence-corrected chi connectivity index (χ3v) is 7.55. The van der Waals surface area contributed by atoms with Crippen LogP contribution in [0.25, 0.3) is 20.7 Å². The summed E-state index contributed by atoms with van der Waals surface area (Å²) < 4.78 is 0.846. The van der Waals surface area contributed by atoms with Crippen molar-refractivity contribution in [2.45, 2.75) is 36.4 Å². The molecule has 4 aromatic heterocycles. The molecule has 0 aliphatic carbocycles. The van der Waals surface area contributed by atoms with Crippen molar-refractivity contribution in [2.24, 2.45) is 0 Å². The molecule has 27 heavy (non-hydrogen) atoms. The first-order valence-electron chi connectivity index (χ1n) is 8.33. The Labute approximate surface area is 172 Å². The number of nitrogens with one attached hydrogen (secondary N) is 2. The van der Waals surface area contributed by atoms with Gasteiger partial charge in [0.15, 0.2) is 4.34 Å². The van der Waals surface area contributed by atoms with Crippen molar-refractivity contribution in [3.63, 3.8) is 0 Å². The molecular weight excluding hydrogens is 418 g/mol. The molecule has 0 spiro atoms. The fourth-order valence-electron chi connectivity index (χ4n) is 2.54. The lowest BCUT2D eigenvalue weighted by atomic mass is 10.2. The molecule has 10 heteroatoms. The van der Waals surface area contributed by atoms with Gasteiger partial charge in [0.05, 0.1) is 10.6 Å². The molecular formula is C17H17N5OS4. The molecule has 6 nitrogen and oxygen atoms in total. The predicted octanol–water partition coefficient (Wildman–Crippen LogP) is 5.24. The maximum Gasteiger partial charge on any atom is 0.260 e. The minimum Gasteiger partial charge on any atom is -0.358 e. The van der Waals surface area contributed by atoms with E-state index in [9.17, 15) is 4.79 Å². The fourth-order valence-corrected chi connectivity index (χ4v) is 6.41. The second-order valence-electron chi connectivity index (χ2n) is 6.19. The van der Waals surface area contributed by atoms with Gasteiger partial charge < -0.3 is 10.3 Å². The van der Waals surface area contributed by atoms with Gasteiger partial charge >= 0.3 is 0 Å². The normalized spacial score (nSPS) is 12.7. The molecule has 0 fully saturated rings. The second-order valence-corrected chi connectivity index (χ2v) is 10.6. The number of H-pyrrole nitrogens is 1. The highest BCUT2D eigenvalue weighted by Gasteiger charge is 2.18. The van der Waals surface area contributed by atoms with Gasteiger partial charge in [0.2, 0.25) is 5.13 Å². The van der Waals surface area contributed by atoms with Crippen LogP contribution in [-0.2, 0) is 0 Å². The summed E-state index contributed by atoms with van der Waals surface area (Å²) in [6.45, 7) is 6.14. The highest BCUT2D eigenvalue weighted by molar-refractivity contribution is 8.01. The Balaban J connectivity index is 1.60. The standard InChI is InChI=1S/C17H17N5OS4/c1-8(2)18-16-21-22-17(27-16)26-9(3)13-19-14(23)12-10(7-25-15(12)20-13)11-5-4-6-24-11/h4-9H,1-3H3,(H,18,21)(H,19,20,23). The van der Waals surface area contributed by atoms with Gasteiger partial charge in [-0.25, -0.2) is 4.98 Å². The molecule has 1 atom stereocenters. The molecule has 0 saturated heterocycles. The van der Waals surface area contributed by atoms with E-state index in [1.807, 2.05) is 29.8 Å². The van der Waals surface area contributed by atoms with Gasteiger partial charge in [0.25, 0.3) is 5.56 Å². The summed E-state index contributed by atoms with van der Waals surface area (Å²) in [6, 6.07) is 4.32. The zero-order valence-corrected chi connectivity index (χ0v) is 18.1. The number of hydrogen-bond acceptors (Lipinski definition) is 9. The Morgan fingerprint density at radius 1 is 1.22 bits per heavy atom. The van der Waals surface area contributed by atoms with E-state index in [1.54, 1.807) is 23.1 Å². The van der Waals surface area contributed by atoms with Gasteiger partial charge in [-0.1, -0.05) is 29.2 Å². The summed E-state index contributed by atoms with van der Waals surface area (Å²) in [5.74, 6) is 0.658. The van der Waals surface area contributed by atoms with Crippen LogP contribution in [0.1, 0.15) is 31.8 Å². The maximum absolute atomic E-state index is 12.7. The quantitative estimate of drug-likeness (QED) is 0.403. The van der Waals surface area contributed by atoms with E-state index in [1.165, 1.54) is 22.7 Å². The number of thiophene rings is 2. The van der Waals surface area contributed by atoms with Crippen molar-refractivity contribution >= 4 is 61.1 Å². The lowest BCUT2D eigenvalue weighted by Gasteiger charge is -2.08. The summed E-state index contributed by atoms with van der Waals surface area (Å²) in [5.41, 5.74) is 0.866. The van der Waals surface area contributed by atoms with E-state index in [4.69, 9.17) is 4.98 Å². The van der Waals surface area contributed by atoms with Crippen molar-refractivity contribution in [1.29, 1.82) is 0 Å². The minimum atomic E-state index is -0.0912. The first kappa shape index (κ1) is 18.6. The number of fused-ring (bicyclic) bond motifs is 1. The van der Waals surface area contributed by atoms with E-state index in [0.717, 1.165) is 24.7 Å². The van der Waals surface area contributed by atoms with Gasteiger partial charge in [-0.05, 0) is 32.2 Å². The molecule has 4 aromatic rings. The first-order valence-corrected chi connectivity index (χ1v) is 11.8. The van der Waals surface area contributed by atoms with Crippen molar-refractivity contribution in [3.8, 4) is 10.4 Å². The van der Waals surface area contributed by atoms with Gasteiger partial charge in [0, 0.05) is 21.9 Å². The molecule has 0 saturated carbocycles. The number of rotatable bonds is 6. The summed E-state index contributed by atoms with van der Waals surface area (Å²) in [7, 11) is 0. The summed E-state index contributed by atoms with van der Waals surface area (Å²) in [4.78, 5) is 22.3. The summed E-state index contributed by atoms with van der Waals surface area (Å²) >= 11 is 6.18. The second kappa shape index (κ2) is 7.70. The SMILES string of the molecule is CC(C)Nc1nnc(SC(C)c2nc3scc(-c4cccs4)c3c(=O)[nH]2)s1. The van der Waals surface area contributed by atoms with Crippen LogP contribution in [0.2, 0.25) is 0 Å². The van der Waals surface area contributed by atoms with Crippen LogP contribution in [0.3, 0.4) is 0 Å². The number of anilines is 1. The third-order valence-electron chi connectivity index (χ3n) is 3.73. The highest BCUT2D eigenvalue weighted by atomic mass is 32.2. The largest absolute Gasteiger partial charge is 0.358 e. The Morgan fingerprint density at radius 2 is 2.07 bits per heavy atom. The minimum absolute atomic E-state index is 0.0331. The molecule has 0 aromatic carbocycles. The van der Waals surface area contributed by atoms with Crippen LogP contribution in [0, 0.1) is 0 Å². The van der Waals surface area contributed by atoms with Crippen LogP contribution >= 0.6 is 45.8 Å². The Hall–Kier alpha value is -1.75. The van der Waals surface area contributed by atoms with Crippen molar-refractivity contribution in [3.05, 3.63) is 39.1 Å². The van der Waals surface area contributed by atoms with Crippen molar-refractivity contribution < 1.29 is 0 Å². The summed E-state index contributed by atoms with van der Waals surface area (Å²) in [5, 5.41) is 17.1. The van der Waals surface area contributed by atoms with Crippen LogP contribution in [0.5, 0.6) is 0 Å². The van der Waals surface area contributed by atoms with E-state index in [-0.39, 0.29) is 10.8 Å². The van der Waals surface area contributed by atoms with E-state index in [2.05, 4.69) is 34.3 Å². The average Bonchev–Trinajstić information content (AvgIpc) is 3.34. The molecule has 0 aliphatic heterocycles. The van der Waals surface area contributed by atoms with E-state index < -0.39 is 0 Å². The number of aromatic nitrogens is 4. The molecule has 4 heterocycles.